The van der Waals surface area contributed by atoms with Crippen molar-refractivity contribution in [3.63, 3.8) is 0 Å². The molecule has 0 saturated carbocycles. The number of aromatic nitrogens is 5. The normalized spacial score (nSPS) is 16.0. The first kappa shape index (κ1) is 18.3. The van der Waals surface area contributed by atoms with Gasteiger partial charge in [-0.05, 0) is 42.8 Å². The van der Waals surface area contributed by atoms with Crippen molar-refractivity contribution in [1.29, 1.82) is 0 Å². The number of hydrogen-bond acceptors (Lipinski definition) is 4. The van der Waals surface area contributed by atoms with Crippen molar-refractivity contribution >= 4 is 11.4 Å². The Hall–Kier alpha value is -3.69. The molecule has 1 N–H and O–H groups in total. The summed E-state index contributed by atoms with van der Waals surface area (Å²) in [6.07, 6.45) is 0.537. The van der Waals surface area contributed by atoms with Gasteiger partial charge in [-0.25, -0.2) is 4.52 Å². The van der Waals surface area contributed by atoms with Crippen molar-refractivity contribution in [1.82, 2.24) is 29.7 Å². The predicted molar refractivity (Wildman–Crippen MR) is 100 cm³/mol. The molecule has 0 radical (unpaired) electrons. The van der Waals surface area contributed by atoms with E-state index in [1.165, 1.54) is 6.07 Å². The van der Waals surface area contributed by atoms with Crippen LogP contribution in [0.5, 0.6) is 0 Å². The summed E-state index contributed by atoms with van der Waals surface area (Å²) in [6.45, 7) is 0.566. The Kier molecular flexibility index (Phi) is 4.09. The second-order valence-corrected chi connectivity index (χ2v) is 7.04. The van der Waals surface area contributed by atoms with Crippen LogP contribution in [0.4, 0.5) is 13.2 Å². The Balaban J connectivity index is 1.39. The molecule has 10 heteroatoms. The highest BCUT2D eigenvalue weighted by atomic mass is 19.4. The molecule has 4 aromatic rings. The van der Waals surface area contributed by atoms with Crippen LogP contribution < -0.4 is 5.32 Å². The van der Waals surface area contributed by atoms with Gasteiger partial charge >= 0.3 is 6.18 Å². The average molecular weight is 412 g/mol. The largest absolute Gasteiger partial charge is 0.433 e. The Morgan fingerprint density at radius 1 is 1.17 bits per heavy atom. The monoisotopic (exact) mass is 412 g/mol. The summed E-state index contributed by atoms with van der Waals surface area (Å²) in [7, 11) is 0. The summed E-state index contributed by atoms with van der Waals surface area (Å²) in [5, 5.41) is 11.5. The first-order chi connectivity index (χ1) is 14.4. The minimum atomic E-state index is -4.52. The van der Waals surface area contributed by atoms with Gasteiger partial charge in [0.25, 0.3) is 5.91 Å². The molecule has 0 fully saturated rings. The van der Waals surface area contributed by atoms with Crippen molar-refractivity contribution < 1.29 is 18.0 Å². The lowest BCUT2D eigenvalue weighted by Gasteiger charge is -2.11. The lowest BCUT2D eigenvalue weighted by atomic mass is 10.1. The number of pyridine rings is 1. The van der Waals surface area contributed by atoms with Gasteiger partial charge in [0.2, 0.25) is 0 Å². The third kappa shape index (κ3) is 3.19. The SMILES string of the molecule is O=C(N[C@H]1CCn2nc(-c3ccnc(C(F)(F)F)c3)cc21)c1cc2cccnn2c1. The van der Waals surface area contributed by atoms with E-state index in [4.69, 9.17) is 0 Å². The van der Waals surface area contributed by atoms with Crippen molar-refractivity contribution in [2.45, 2.75) is 25.2 Å². The predicted octanol–water partition coefficient (Wildman–Crippen LogP) is 3.49. The molecule has 0 aromatic carbocycles. The van der Waals surface area contributed by atoms with Gasteiger partial charge in [-0.3, -0.25) is 14.5 Å². The molecule has 30 heavy (non-hydrogen) atoms. The van der Waals surface area contributed by atoms with Crippen LogP contribution in [0, 0.1) is 0 Å². The van der Waals surface area contributed by atoms with E-state index in [9.17, 15) is 18.0 Å². The van der Waals surface area contributed by atoms with Crippen LogP contribution in [0.1, 0.15) is 34.2 Å². The molecule has 1 amide bonds. The maximum Gasteiger partial charge on any atom is 0.433 e. The molecule has 0 aliphatic carbocycles. The van der Waals surface area contributed by atoms with E-state index in [2.05, 4.69) is 20.5 Å². The summed E-state index contributed by atoms with van der Waals surface area (Å²) in [6, 6.07) is 9.29. The summed E-state index contributed by atoms with van der Waals surface area (Å²) in [5.41, 5.74) is 1.82. The molecule has 1 aliphatic heterocycles. The fourth-order valence-corrected chi connectivity index (χ4v) is 3.63. The Bertz CT molecular complexity index is 1230. The van der Waals surface area contributed by atoms with Gasteiger partial charge in [0.1, 0.15) is 5.69 Å². The number of rotatable bonds is 3. The van der Waals surface area contributed by atoms with Gasteiger partial charge < -0.3 is 5.32 Å². The van der Waals surface area contributed by atoms with Crippen LogP contribution >= 0.6 is 0 Å². The van der Waals surface area contributed by atoms with Gasteiger partial charge in [-0.1, -0.05) is 0 Å². The van der Waals surface area contributed by atoms with E-state index in [0.29, 0.717) is 29.8 Å². The smallest absolute Gasteiger partial charge is 0.344 e. The van der Waals surface area contributed by atoms with Crippen molar-refractivity contribution in [3.8, 4) is 11.3 Å². The van der Waals surface area contributed by atoms with Crippen LogP contribution in [-0.2, 0) is 12.7 Å². The Labute approximate surface area is 168 Å². The number of hydrogen-bond donors (Lipinski definition) is 1. The molecule has 5 heterocycles. The number of aryl methyl sites for hydroxylation is 1. The summed E-state index contributed by atoms with van der Waals surface area (Å²) >= 11 is 0. The zero-order valence-electron chi connectivity index (χ0n) is 15.5. The molecule has 7 nitrogen and oxygen atoms in total. The molecule has 1 aliphatic rings. The number of fused-ring (bicyclic) bond motifs is 2. The number of amides is 1. The van der Waals surface area contributed by atoms with E-state index >= 15 is 0 Å². The van der Waals surface area contributed by atoms with Crippen molar-refractivity contribution in [3.05, 3.63) is 71.9 Å². The number of halogens is 3. The van der Waals surface area contributed by atoms with E-state index in [1.807, 2.05) is 6.07 Å². The van der Waals surface area contributed by atoms with Crippen LogP contribution in [-0.4, -0.2) is 30.3 Å². The molecule has 0 saturated heterocycles. The fraction of sp³-hybridized carbons (Fsp3) is 0.200. The van der Waals surface area contributed by atoms with Crippen LogP contribution in [0.15, 0.2) is 55.0 Å². The summed E-state index contributed by atoms with van der Waals surface area (Å²) in [4.78, 5) is 16.1. The van der Waals surface area contributed by atoms with Gasteiger partial charge in [0.05, 0.1) is 28.5 Å². The van der Waals surface area contributed by atoms with Gasteiger partial charge in [-0.2, -0.15) is 23.4 Å². The maximum absolute atomic E-state index is 12.9. The van der Waals surface area contributed by atoms with Crippen molar-refractivity contribution in [2.24, 2.45) is 0 Å². The highest BCUT2D eigenvalue weighted by molar-refractivity contribution is 5.95. The van der Waals surface area contributed by atoms with E-state index in [0.717, 1.165) is 23.5 Å². The number of alkyl halides is 3. The minimum absolute atomic E-state index is 0.245. The highest BCUT2D eigenvalue weighted by Crippen LogP contribution is 2.33. The zero-order chi connectivity index (χ0) is 20.9. The standard InChI is InChI=1S/C20H15F3N6O/c21-20(22,23)18-9-12(3-6-24-18)16-10-17-15(4-7-28(17)27-16)26-19(30)13-8-14-2-1-5-25-29(14)11-13/h1-3,5-6,8-11,15H,4,7H2,(H,26,30)/t15-/m0/s1. The molecule has 1 atom stereocenters. The molecule has 0 bridgehead atoms. The van der Waals surface area contributed by atoms with Crippen LogP contribution in [0.25, 0.3) is 16.8 Å². The molecular formula is C20H15F3N6O. The number of carbonyl (C=O) groups is 1. The second kappa shape index (κ2) is 6.68. The molecule has 0 unspecified atom stereocenters. The Morgan fingerprint density at radius 3 is 2.83 bits per heavy atom. The topological polar surface area (TPSA) is 77.1 Å². The lowest BCUT2D eigenvalue weighted by Crippen LogP contribution is -2.26. The number of nitrogens with zero attached hydrogens (tertiary/aromatic N) is 5. The fourth-order valence-electron chi connectivity index (χ4n) is 3.63. The highest BCUT2D eigenvalue weighted by Gasteiger charge is 2.33. The minimum Gasteiger partial charge on any atom is -0.344 e. The van der Waals surface area contributed by atoms with E-state index < -0.39 is 11.9 Å². The molecule has 0 spiro atoms. The molecule has 4 aromatic heterocycles. The number of nitrogens with one attached hydrogen (secondary N) is 1. The third-order valence-corrected chi connectivity index (χ3v) is 5.08. The Morgan fingerprint density at radius 2 is 2.03 bits per heavy atom. The maximum atomic E-state index is 12.9. The first-order valence-corrected chi connectivity index (χ1v) is 9.24. The van der Waals surface area contributed by atoms with Gasteiger partial charge in [0.15, 0.2) is 0 Å². The second-order valence-electron chi connectivity index (χ2n) is 7.04. The zero-order valence-corrected chi connectivity index (χ0v) is 15.5. The first-order valence-electron chi connectivity index (χ1n) is 9.24. The van der Waals surface area contributed by atoms with E-state index in [-0.39, 0.29) is 11.9 Å². The molecule has 152 valence electrons. The third-order valence-electron chi connectivity index (χ3n) is 5.08. The average Bonchev–Trinajstić information content (AvgIpc) is 3.42. The van der Waals surface area contributed by atoms with Gasteiger partial charge in [0, 0.05) is 30.7 Å². The summed E-state index contributed by atoms with van der Waals surface area (Å²) < 4.78 is 42.2. The van der Waals surface area contributed by atoms with Crippen LogP contribution in [0.3, 0.4) is 0 Å². The van der Waals surface area contributed by atoms with E-state index in [1.54, 1.807) is 39.8 Å². The lowest BCUT2D eigenvalue weighted by molar-refractivity contribution is -0.141. The summed E-state index contributed by atoms with van der Waals surface area (Å²) in [5.74, 6) is -0.245. The van der Waals surface area contributed by atoms with Crippen molar-refractivity contribution in [2.75, 3.05) is 0 Å². The van der Waals surface area contributed by atoms with Crippen LogP contribution in [0.2, 0.25) is 0 Å². The van der Waals surface area contributed by atoms with Gasteiger partial charge in [-0.15, -0.1) is 0 Å². The molecular weight excluding hydrogens is 397 g/mol. The molecule has 5 rings (SSSR count). The number of carbonyl (C=O) groups excluding carboxylic acids is 1. The quantitative estimate of drug-likeness (QED) is 0.559.